The molecular weight excluding hydrogens is 272 g/mol. The van der Waals surface area contributed by atoms with E-state index in [0.717, 1.165) is 26.0 Å². The second-order valence-corrected chi connectivity index (χ2v) is 6.48. The first-order chi connectivity index (χ1) is 9.70. The molecule has 1 aromatic rings. The van der Waals surface area contributed by atoms with E-state index in [1.54, 1.807) is 11.3 Å². The molecule has 110 valence electrons. The molecule has 4 atom stereocenters. The molecule has 4 nitrogen and oxygen atoms in total. The van der Waals surface area contributed by atoms with Crippen molar-refractivity contribution in [3.8, 4) is 0 Å². The third-order valence-electron chi connectivity index (χ3n) is 4.48. The Hall–Kier alpha value is -0.910. The van der Waals surface area contributed by atoms with Crippen LogP contribution in [0, 0.1) is 5.92 Å². The zero-order valence-corrected chi connectivity index (χ0v) is 12.9. The van der Waals surface area contributed by atoms with Crippen molar-refractivity contribution >= 4 is 17.2 Å². The fourth-order valence-corrected chi connectivity index (χ4v) is 3.82. The molecule has 2 saturated heterocycles. The zero-order valence-electron chi connectivity index (χ0n) is 12.0. The van der Waals surface area contributed by atoms with E-state index in [9.17, 15) is 4.79 Å². The Bertz CT molecular complexity index is 462. The summed E-state index contributed by atoms with van der Waals surface area (Å²) in [6.07, 6.45) is 2.18. The Morgan fingerprint density at radius 3 is 3.00 bits per heavy atom. The molecule has 3 heterocycles. The van der Waals surface area contributed by atoms with Gasteiger partial charge in [-0.2, -0.15) is 11.3 Å². The maximum atomic E-state index is 12.6. The highest BCUT2D eigenvalue weighted by atomic mass is 32.1. The molecule has 2 fully saturated rings. The maximum absolute atomic E-state index is 12.6. The number of nitrogens with one attached hydrogen (secondary N) is 1. The summed E-state index contributed by atoms with van der Waals surface area (Å²) in [5.41, 5.74) is 1.20. The van der Waals surface area contributed by atoms with Gasteiger partial charge in [0, 0.05) is 19.1 Å². The highest BCUT2D eigenvalue weighted by Crippen LogP contribution is 2.31. The van der Waals surface area contributed by atoms with Crippen LogP contribution in [0.2, 0.25) is 0 Å². The van der Waals surface area contributed by atoms with Gasteiger partial charge < -0.3 is 9.64 Å². The number of carbonyl (C=O) groups excluding carboxylic acids is 1. The van der Waals surface area contributed by atoms with E-state index in [2.05, 4.69) is 36.0 Å². The van der Waals surface area contributed by atoms with Gasteiger partial charge in [-0.05, 0) is 42.2 Å². The van der Waals surface area contributed by atoms with Crippen LogP contribution in [0.25, 0.3) is 0 Å². The van der Waals surface area contributed by atoms with Crippen LogP contribution in [0.4, 0.5) is 0 Å². The van der Waals surface area contributed by atoms with Gasteiger partial charge in [-0.25, -0.2) is 0 Å². The summed E-state index contributed by atoms with van der Waals surface area (Å²) >= 11 is 1.68. The summed E-state index contributed by atoms with van der Waals surface area (Å²) in [6, 6.07) is 2.06. The number of thiophene rings is 1. The lowest BCUT2D eigenvalue weighted by molar-refractivity contribution is -0.131. The second-order valence-electron chi connectivity index (χ2n) is 5.70. The number of ether oxygens (including phenoxy) is 1. The fraction of sp³-hybridized carbons (Fsp3) is 0.667. The molecule has 5 heteroatoms. The Labute approximate surface area is 124 Å². The molecule has 2 aliphatic heterocycles. The summed E-state index contributed by atoms with van der Waals surface area (Å²) < 4.78 is 5.63. The van der Waals surface area contributed by atoms with Crippen LogP contribution in [0.15, 0.2) is 16.8 Å². The van der Waals surface area contributed by atoms with E-state index in [1.165, 1.54) is 5.56 Å². The highest BCUT2D eigenvalue weighted by Gasteiger charge is 2.41. The first-order valence-corrected chi connectivity index (χ1v) is 8.35. The van der Waals surface area contributed by atoms with Crippen molar-refractivity contribution in [3.63, 3.8) is 0 Å². The highest BCUT2D eigenvalue weighted by molar-refractivity contribution is 7.07. The first-order valence-electron chi connectivity index (χ1n) is 7.41. The number of nitrogens with zero attached hydrogens (tertiary/aromatic N) is 1. The molecule has 0 aromatic carbocycles. The quantitative estimate of drug-likeness (QED) is 0.927. The molecule has 0 aliphatic carbocycles. The molecule has 4 unspecified atom stereocenters. The van der Waals surface area contributed by atoms with Crippen LogP contribution in [-0.2, 0) is 9.53 Å². The van der Waals surface area contributed by atoms with Crippen LogP contribution in [0.1, 0.15) is 38.4 Å². The summed E-state index contributed by atoms with van der Waals surface area (Å²) in [6.45, 7) is 5.79. The molecule has 1 aromatic heterocycles. The molecule has 0 radical (unpaired) electrons. The van der Waals surface area contributed by atoms with Crippen LogP contribution >= 0.6 is 11.3 Å². The van der Waals surface area contributed by atoms with Crippen molar-refractivity contribution in [3.05, 3.63) is 22.4 Å². The predicted octanol–water partition coefficient (Wildman–Crippen LogP) is 2.38. The molecule has 20 heavy (non-hydrogen) atoms. The van der Waals surface area contributed by atoms with Gasteiger partial charge in [0.15, 0.2) is 0 Å². The lowest BCUT2D eigenvalue weighted by Crippen LogP contribution is -2.37. The molecular formula is C15H22N2O2S. The molecule has 1 amide bonds. The molecule has 0 saturated carbocycles. The average molecular weight is 294 g/mol. The largest absolute Gasteiger partial charge is 0.378 e. The SMILES string of the molecule is CCC1NC(c2ccsc2)N(CC2CCOC2C)C1=O. The number of amides is 1. The zero-order chi connectivity index (χ0) is 14.1. The van der Waals surface area contributed by atoms with Crippen LogP contribution in [-0.4, -0.2) is 36.1 Å². The van der Waals surface area contributed by atoms with Crippen molar-refractivity contribution in [2.45, 2.75) is 45.0 Å². The smallest absolute Gasteiger partial charge is 0.241 e. The predicted molar refractivity (Wildman–Crippen MR) is 79.5 cm³/mol. The van der Waals surface area contributed by atoms with Gasteiger partial charge in [0.25, 0.3) is 0 Å². The maximum Gasteiger partial charge on any atom is 0.241 e. The minimum atomic E-state index is -0.0440. The van der Waals surface area contributed by atoms with Gasteiger partial charge >= 0.3 is 0 Å². The third kappa shape index (κ3) is 2.50. The first kappa shape index (κ1) is 14.0. The van der Waals surface area contributed by atoms with Crippen LogP contribution in [0.5, 0.6) is 0 Å². The lowest BCUT2D eigenvalue weighted by atomic mass is 10.0. The van der Waals surface area contributed by atoms with Crippen molar-refractivity contribution in [1.82, 2.24) is 10.2 Å². The van der Waals surface area contributed by atoms with E-state index in [4.69, 9.17) is 4.74 Å². The van der Waals surface area contributed by atoms with Gasteiger partial charge in [0.05, 0.1) is 12.1 Å². The minimum absolute atomic E-state index is 0.0338. The summed E-state index contributed by atoms with van der Waals surface area (Å²) in [7, 11) is 0. The Morgan fingerprint density at radius 1 is 1.55 bits per heavy atom. The number of hydrogen-bond donors (Lipinski definition) is 1. The average Bonchev–Trinajstić information content (AvgIpc) is 3.14. The van der Waals surface area contributed by atoms with Gasteiger partial charge in [-0.3, -0.25) is 10.1 Å². The minimum Gasteiger partial charge on any atom is -0.378 e. The van der Waals surface area contributed by atoms with Crippen molar-refractivity contribution < 1.29 is 9.53 Å². The van der Waals surface area contributed by atoms with Crippen molar-refractivity contribution in [1.29, 1.82) is 0 Å². The van der Waals surface area contributed by atoms with E-state index >= 15 is 0 Å². The topological polar surface area (TPSA) is 41.6 Å². The Balaban J connectivity index is 1.79. The number of hydrogen-bond acceptors (Lipinski definition) is 4. The summed E-state index contributed by atoms with van der Waals surface area (Å²) in [5, 5.41) is 7.67. The monoisotopic (exact) mass is 294 g/mol. The van der Waals surface area contributed by atoms with Crippen molar-refractivity contribution in [2.75, 3.05) is 13.2 Å². The van der Waals surface area contributed by atoms with Gasteiger partial charge in [-0.1, -0.05) is 6.92 Å². The van der Waals surface area contributed by atoms with Gasteiger partial charge in [0.2, 0.25) is 5.91 Å². The van der Waals surface area contributed by atoms with E-state index in [0.29, 0.717) is 5.92 Å². The molecule has 2 aliphatic rings. The van der Waals surface area contributed by atoms with E-state index in [-0.39, 0.29) is 24.2 Å². The van der Waals surface area contributed by atoms with Crippen LogP contribution < -0.4 is 5.32 Å². The summed E-state index contributed by atoms with van der Waals surface area (Å²) in [5.74, 6) is 0.695. The molecule has 0 spiro atoms. The number of carbonyl (C=O) groups is 1. The molecule has 3 rings (SSSR count). The van der Waals surface area contributed by atoms with E-state index in [1.807, 2.05) is 4.90 Å². The van der Waals surface area contributed by atoms with E-state index < -0.39 is 0 Å². The normalized spacial score (nSPS) is 34.1. The standard InChI is InChI=1S/C15H22N2O2S/c1-3-13-15(18)17(8-11-4-6-19-10(11)2)14(16-13)12-5-7-20-9-12/h5,7,9-11,13-14,16H,3-4,6,8H2,1-2H3. The molecule has 0 bridgehead atoms. The lowest BCUT2D eigenvalue weighted by Gasteiger charge is -2.27. The van der Waals surface area contributed by atoms with Gasteiger partial charge in [-0.15, -0.1) is 0 Å². The second kappa shape index (κ2) is 5.84. The third-order valence-corrected chi connectivity index (χ3v) is 5.18. The fourth-order valence-electron chi connectivity index (χ4n) is 3.14. The summed E-state index contributed by atoms with van der Waals surface area (Å²) in [4.78, 5) is 14.6. The number of rotatable bonds is 4. The molecule has 1 N–H and O–H groups in total. The Kier molecular flexibility index (Phi) is 4.10. The van der Waals surface area contributed by atoms with Gasteiger partial charge in [0.1, 0.15) is 6.17 Å². The Morgan fingerprint density at radius 2 is 2.40 bits per heavy atom. The van der Waals surface area contributed by atoms with Crippen molar-refractivity contribution in [2.24, 2.45) is 5.92 Å². The van der Waals surface area contributed by atoms with Crippen LogP contribution in [0.3, 0.4) is 0 Å².